The van der Waals surface area contributed by atoms with E-state index >= 15 is 0 Å². The van der Waals surface area contributed by atoms with Crippen molar-refractivity contribution in [2.75, 3.05) is 23.3 Å². The molecule has 1 fully saturated rings. The van der Waals surface area contributed by atoms with Crippen LogP contribution in [-0.2, 0) is 0 Å². The molecule has 9 heteroatoms. The lowest BCUT2D eigenvalue weighted by Gasteiger charge is -2.38. The molecule has 5 rings (SSSR count). The van der Waals surface area contributed by atoms with Crippen molar-refractivity contribution in [3.8, 4) is 0 Å². The highest BCUT2D eigenvalue weighted by Gasteiger charge is 2.25. The zero-order valence-corrected chi connectivity index (χ0v) is 20.0. The minimum Gasteiger partial charge on any atom is -0.367 e. The van der Waals surface area contributed by atoms with Gasteiger partial charge in [0.2, 0.25) is 0 Å². The smallest absolute Gasteiger partial charge is 0.257 e. The number of fused-ring (bicyclic) bond motifs is 2. The second-order valence-corrected chi connectivity index (χ2v) is 9.24. The van der Waals surface area contributed by atoms with Crippen LogP contribution in [0.5, 0.6) is 0 Å². The Morgan fingerprint density at radius 1 is 1.03 bits per heavy atom. The van der Waals surface area contributed by atoms with E-state index in [0.717, 1.165) is 30.2 Å². The van der Waals surface area contributed by atoms with Crippen molar-refractivity contribution in [3.63, 3.8) is 0 Å². The molecule has 1 aliphatic rings. The van der Waals surface area contributed by atoms with E-state index in [1.54, 1.807) is 29.8 Å². The highest BCUT2D eigenvalue weighted by atomic mass is 19.1. The number of aryl methyl sites for hydroxylation is 3. The second kappa shape index (κ2) is 8.32. The molecular weight excluding hydrogens is 433 g/mol. The number of hydrogen-bond acceptors (Lipinski definition) is 6. The van der Waals surface area contributed by atoms with Crippen LogP contribution in [-0.4, -0.2) is 50.4 Å². The molecule has 1 amide bonds. The Bertz CT molecular complexity index is 1420. The number of nitrogens with one attached hydrogen (secondary N) is 2. The van der Waals surface area contributed by atoms with E-state index in [1.807, 2.05) is 19.9 Å². The van der Waals surface area contributed by atoms with Crippen LogP contribution in [0.2, 0.25) is 0 Å². The van der Waals surface area contributed by atoms with Gasteiger partial charge in [-0.05, 0) is 46.8 Å². The summed E-state index contributed by atoms with van der Waals surface area (Å²) in [6.07, 6.45) is 3.36. The number of carbonyl (C=O) groups is 1. The summed E-state index contributed by atoms with van der Waals surface area (Å²) in [5, 5.41) is 6.37. The first-order valence-corrected chi connectivity index (χ1v) is 11.4. The number of imidazole rings is 1. The molecule has 0 radical (unpaired) electrons. The van der Waals surface area contributed by atoms with E-state index < -0.39 is 5.82 Å². The molecule has 176 valence electrons. The topological polar surface area (TPSA) is 87.5 Å². The van der Waals surface area contributed by atoms with Crippen molar-refractivity contribution in [2.45, 2.75) is 46.7 Å². The number of rotatable bonds is 3. The number of hydrogen-bond donors (Lipinski definition) is 2. The van der Waals surface area contributed by atoms with Crippen LogP contribution in [0.4, 0.5) is 15.8 Å². The maximum Gasteiger partial charge on any atom is 0.257 e. The van der Waals surface area contributed by atoms with Gasteiger partial charge in [-0.15, -0.1) is 0 Å². The predicted molar refractivity (Wildman–Crippen MR) is 131 cm³/mol. The number of benzene rings is 1. The second-order valence-electron chi connectivity index (χ2n) is 9.24. The predicted octanol–water partition coefficient (Wildman–Crippen LogP) is 3.78. The third kappa shape index (κ3) is 3.96. The van der Waals surface area contributed by atoms with Gasteiger partial charge in [-0.2, -0.15) is 0 Å². The van der Waals surface area contributed by atoms with Gasteiger partial charge in [0, 0.05) is 43.6 Å². The van der Waals surface area contributed by atoms with Gasteiger partial charge in [-0.25, -0.2) is 19.3 Å². The molecule has 0 aliphatic carbocycles. The minimum absolute atomic E-state index is 0.224. The van der Waals surface area contributed by atoms with E-state index in [1.165, 1.54) is 6.07 Å². The summed E-state index contributed by atoms with van der Waals surface area (Å²) >= 11 is 0. The highest BCUT2D eigenvalue weighted by Crippen LogP contribution is 2.30. The van der Waals surface area contributed by atoms with Gasteiger partial charge in [-0.1, -0.05) is 0 Å². The van der Waals surface area contributed by atoms with Crippen LogP contribution in [0.3, 0.4) is 0 Å². The lowest BCUT2D eigenvalue weighted by Crippen LogP contribution is -2.54. The van der Waals surface area contributed by atoms with Gasteiger partial charge >= 0.3 is 0 Å². The van der Waals surface area contributed by atoms with Crippen molar-refractivity contribution >= 4 is 34.0 Å². The SMILES string of the molecule is Cc1cn2cc(NC(=O)c3ccc(N4C[C@H](C)N[C@@H](C)C4)c4nc(C)c(C)nc34)cc(F)c2n1. The largest absolute Gasteiger partial charge is 0.367 e. The molecule has 3 aromatic heterocycles. The first-order chi connectivity index (χ1) is 16.2. The van der Waals surface area contributed by atoms with Crippen molar-refractivity contribution < 1.29 is 9.18 Å². The molecule has 34 heavy (non-hydrogen) atoms. The molecule has 4 aromatic rings. The van der Waals surface area contributed by atoms with Crippen LogP contribution in [0, 0.1) is 26.6 Å². The maximum absolute atomic E-state index is 14.5. The van der Waals surface area contributed by atoms with Crippen LogP contribution in [0.25, 0.3) is 16.7 Å². The van der Waals surface area contributed by atoms with Crippen molar-refractivity contribution in [1.82, 2.24) is 24.7 Å². The van der Waals surface area contributed by atoms with Gasteiger partial charge in [0.25, 0.3) is 5.91 Å². The molecule has 1 saturated heterocycles. The Kier molecular flexibility index (Phi) is 5.44. The number of pyridine rings is 1. The molecule has 0 spiro atoms. The molecule has 2 atom stereocenters. The molecule has 4 heterocycles. The zero-order valence-electron chi connectivity index (χ0n) is 20.0. The van der Waals surface area contributed by atoms with Gasteiger partial charge in [0.15, 0.2) is 11.5 Å². The monoisotopic (exact) mass is 461 g/mol. The molecule has 1 aliphatic heterocycles. The molecule has 1 aromatic carbocycles. The number of piperazine rings is 1. The fourth-order valence-corrected chi connectivity index (χ4v) is 4.70. The van der Waals surface area contributed by atoms with Gasteiger partial charge < -0.3 is 19.9 Å². The van der Waals surface area contributed by atoms with Crippen molar-refractivity contribution in [2.24, 2.45) is 0 Å². The highest BCUT2D eigenvalue weighted by molar-refractivity contribution is 6.13. The third-order valence-corrected chi connectivity index (χ3v) is 6.24. The molecule has 2 N–H and O–H groups in total. The zero-order chi connectivity index (χ0) is 24.1. The summed E-state index contributed by atoms with van der Waals surface area (Å²) < 4.78 is 16.1. The molecular formula is C25H28FN7O. The Balaban J connectivity index is 1.56. The first kappa shape index (κ1) is 22.2. The van der Waals surface area contributed by atoms with Crippen LogP contribution < -0.4 is 15.5 Å². The number of aromatic nitrogens is 4. The van der Waals surface area contributed by atoms with Crippen LogP contribution in [0.1, 0.15) is 41.3 Å². The molecule has 0 bridgehead atoms. The average Bonchev–Trinajstić information content (AvgIpc) is 3.14. The lowest BCUT2D eigenvalue weighted by atomic mass is 10.1. The number of amides is 1. The van der Waals surface area contributed by atoms with Crippen LogP contribution in [0.15, 0.2) is 30.6 Å². The van der Waals surface area contributed by atoms with E-state index in [0.29, 0.717) is 40.1 Å². The van der Waals surface area contributed by atoms with E-state index in [9.17, 15) is 9.18 Å². The Hall–Kier alpha value is -3.59. The average molecular weight is 462 g/mol. The third-order valence-electron chi connectivity index (χ3n) is 6.24. The summed E-state index contributed by atoms with van der Waals surface area (Å²) in [4.78, 5) is 29.4. The number of halogens is 1. The normalized spacial score (nSPS) is 18.6. The fraction of sp³-hybridized carbons (Fsp3) is 0.360. The van der Waals surface area contributed by atoms with E-state index in [-0.39, 0.29) is 11.6 Å². The van der Waals surface area contributed by atoms with Crippen molar-refractivity contribution in [3.05, 3.63) is 59.1 Å². The van der Waals surface area contributed by atoms with Crippen LogP contribution >= 0.6 is 0 Å². The molecule has 0 saturated carbocycles. The summed E-state index contributed by atoms with van der Waals surface area (Å²) in [7, 11) is 0. The van der Waals surface area contributed by atoms with Gasteiger partial charge in [0.1, 0.15) is 11.0 Å². The van der Waals surface area contributed by atoms with E-state index in [4.69, 9.17) is 9.97 Å². The quantitative estimate of drug-likeness (QED) is 0.483. The maximum atomic E-state index is 14.5. The Morgan fingerprint density at radius 3 is 2.41 bits per heavy atom. The summed E-state index contributed by atoms with van der Waals surface area (Å²) in [6.45, 7) is 11.6. The lowest BCUT2D eigenvalue weighted by molar-refractivity contribution is 0.102. The summed E-state index contributed by atoms with van der Waals surface area (Å²) in [5.41, 5.74) is 5.44. The van der Waals surface area contributed by atoms with Gasteiger partial charge in [0.05, 0.1) is 34.0 Å². The standard InChI is InChI=1S/C25H28FN7O/c1-13-9-32(10-14(2)27-13)21-7-6-19(22-23(21)30-17(5)16(4)29-22)25(34)31-18-8-20(26)24-28-15(3)11-33(24)12-18/h6-8,11-14,27H,9-10H2,1-5H3,(H,31,34)/t13-,14-/m0/s1. The summed E-state index contributed by atoms with van der Waals surface area (Å²) in [6, 6.07) is 5.66. The Labute approximate surface area is 197 Å². The molecule has 8 nitrogen and oxygen atoms in total. The molecule has 0 unspecified atom stereocenters. The fourth-order valence-electron chi connectivity index (χ4n) is 4.70. The van der Waals surface area contributed by atoms with E-state index in [2.05, 4.69) is 34.4 Å². The van der Waals surface area contributed by atoms with Gasteiger partial charge in [-0.3, -0.25) is 4.79 Å². The number of nitrogens with zero attached hydrogens (tertiary/aromatic N) is 5. The first-order valence-electron chi connectivity index (χ1n) is 11.4. The van der Waals surface area contributed by atoms with Crippen molar-refractivity contribution in [1.29, 1.82) is 0 Å². The summed E-state index contributed by atoms with van der Waals surface area (Å²) in [5.74, 6) is -0.869. The number of anilines is 2. The number of carbonyl (C=O) groups excluding carboxylic acids is 1. The Morgan fingerprint density at radius 2 is 1.71 bits per heavy atom. The minimum atomic E-state index is -0.501.